The minimum absolute atomic E-state index is 0.0269. The molecule has 2 atom stereocenters. The lowest BCUT2D eigenvalue weighted by atomic mass is 10.1. The van der Waals surface area contributed by atoms with Crippen LogP contribution in [0.25, 0.3) is 0 Å². The van der Waals surface area contributed by atoms with Crippen molar-refractivity contribution in [1.29, 1.82) is 0 Å². The molecule has 0 bridgehead atoms. The second kappa shape index (κ2) is 3.56. The first-order valence-electron chi connectivity index (χ1n) is 5.12. The van der Waals surface area contributed by atoms with Crippen LogP contribution in [0.4, 0.5) is 0 Å². The highest BCUT2D eigenvalue weighted by molar-refractivity contribution is 7.55. The van der Waals surface area contributed by atoms with Gasteiger partial charge in [-0.3, -0.25) is 9.46 Å². The Morgan fingerprint density at radius 3 is 1.80 bits per heavy atom. The molecule has 0 amide bonds. The third-order valence-corrected chi connectivity index (χ3v) is 5.44. The second-order valence-electron chi connectivity index (χ2n) is 5.47. The van der Waals surface area contributed by atoms with Crippen molar-refractivity contribution in [3.63, 3.8) is 0 Å². The zero-order valence-electron chi connectivity index (χ0n) is 10.7. The van der Waals surface area contributed by atoms with Crippen molar-refractivity contribution in [3.8, 4) is 0 Å². The van der Waals surface area contributed by atoms with Crippen LogP contribution in [0.5, 0.6) is 0 Å². The molecule has 2 unspecified atom stereocenters. The van der Waals surface area contributed by atoms with E-state index in [9.17, 15) is 4.57 Å². The van der Waals surface area contributed by atoms with E-state index in [0.29, 0.717) is 0 Å². The lowest BCUT2D eigenvalue weighted by molar-refractivity contribution is 0.233. The molecule has 5 heteroatoms. The Morgan fingerprint density at radius 1 is 1.20 bits per heavy atom. The Bertz CT molecular complexity index is 288. The van der Waals surface area contributed by atoms with Crippen molar-refractivity contribution in [2.45, 2.75) is 51.5 Å². The summed E-state index contributed by atoms with van der Waals surface area (Å²) in [7, 11) is -0.102. The van der Waals surface area contributed by atoms with Crippen molar-refractivity contribution >= 4 is 7.60 Å². The topological polar surface area (TPSA) is 38.5 Å². The molecule has 1 heterocycles. The minimum Gasteiger partial charge on any atom is -0.311 e. The molecule has 1 rings (SSSR count). The molecule has 1 saturated heterocycles. The molecule has 15 heavy (non-hydrogen) atoms. The van der Waals surface area contributed by atoms with Gasteiger partial charge < -0.3 is 9.05 Å². The molecule has 1 fully saturated rings. The molecule has 0 aliphatic carbocycles. The maximum atomic E-state index is 12.3. The fourth-order valence-corrected chi connectivity index (χ4v) is 4.81. The molecule has 0 aromatic rings. The summed E-state index contributed by atoms with van der Waals surface area (Å²) in [5.41, 5.74) is -0.152. The highest BCUT2D eigenvalue weighted by atomic mass is 31.2. The molecule has 0 spiro atoms. The van der Waals surface area contributed by atoms with E-state index >= 15 is 0 Å². The highest BCUT2D eigenvalue weighted by Gasteiger charge is 2.68. The van der Waals surface area contributed by atoms with Crippen LogP contribution in [0.15, 0.2) is 0 Å². The molecule has 1 aliphatic rings. The smallest absolute Gasteiger partial charge is 0.311 e. The lowest BCUT2D eigenvalue weighted by Gasteiger charge is -2.24. The molecule has 0 radical (unpaired) electrons. The van der Waals surface area contributed by atoms with Gasteiger partial charge in [-0.15, -0.1) is 0 Å². The van der Waals surface area contributed by atoms with E-state index in [4.69, 9.17) is 9.05 Å². The van der Waals surface area contributed by atoms with Crippen LogP contribution in [-0.4, -0.2) is 36.0 Å². The van der Waals surface area contributed by atoms with E-state index in [-0.39, 0.29) is 16.9 Å². The predicted molar refractivity (Wildman–Crippen MR) is 61.1 cm³/mol. The monoisotopic (exact) mass is 235 g/mol. The number of hydrogen-bond donors (Lipinski definition) is 0. The third-order valence-electron chi connectivity index (χ3n) is 2.96. The molecular weight excluding hydrogens is 213 g/mol. The van der Waals surface area contributed by atoms with Gasteiger partial charge in [0.25, 0.3) is 0 Å². The van der Waals surface area contributed by atoms with Crippen LogP contribution < -0.4 is 0 Å². The Kier molecular flexibility index (Phi) is 3.12. The number of nitrogens with zero attached hydrogens (tertiary/aromatic N) is 1. The van der Waals surface area contributed by atoms with E-state index in [1.807, 2.05) is 0 Å². The molecule has 90 valence electrons. The quantitative estimate of drug-likeness (QED) is 0.557. The van der Waals surface area contributed by atoms with Gasteiger partial charge in [-0.1, -0.05) is 0 Å². The van der Waals surface area contributed by atoms with Gasteiger partial charge in [0, 0.05) is 25.3 Å². The van der Waals surface area contributed by atoms with E-state index < -0.39 is 7.60 Å². The van der Waals surface area contributed by atoms with E-state index in [0.717, 1.165) is 0 Å². The molecule has 0 N–H and O–H groups in total. The highest BCUT2D eigenvalue weighted by Crippen LogP contribution is 2.68. The average Bonchev–Trinajstić information content (AvgIpc) is 2.68. The van der Waals surface area contributed by atoms with Crippen molar-refractivity contribution < 1.29 is 13.6 Å². The van der Waals surface area contributed by atoms with Crippen LogP contribution >= 0.6 is 7.60 Å². The van der Waals surface area contributed by atoms with Crippen molar-refractivity contribution in [2.75, 3.05) is 14.2 Å². The maximum absolute atomic E-state index is 12.3. The summed E-state index contributed by atoms with van der Waals surface area (Å²) in [5, 5.41) is 0. The standard InChI is InChI=1S/C10H22NO3P/c1-9(2,3)11-8(10(11,4)5)15(12,13-6)14-7/h8H,1-7H3. The fraction of sp³-hybridized carbons (Fsp3) is 1.00. The molecule has 4 nitrogen and oxygen atoms in total. The Balaban J connectivity index is 2.97. The summed E-state index contributed by atoms with van der Waals surface area (Å²) in [4.78, 5) is 2.17. The van der Waals surface area contributed by atoms with Gasteiger partial charge in [-0.05, 0) is 34.6 Å². The molecule has 0 aromatic carbocycles. The summed E-state index contributed by atoms with van der Waals surface area (Å²) >= 11 is 0. The number of hydrogen-bond acceptors (Lipinski definition) is 4. The van der Waals surface area contributed by atoms with Crippen molar-refractivity contribution in [2.24, 2.45) is 0 Å². The first-order valence-corrected chi connectivity index (χ1v) is 6.73. The van der Waals surface area contributed by atoms with E-state index in [2.05, 4.69) is 39.5 Å². The summed E-state index contributed by atoms with van der Waals surface area (Å²) in [6.45, 7) is 10.4. The van der Waals surface area contributed by atoms with Gasteiger partial charge in [-0.2, -0.15) is 0 Å². The van der Waals surface area contributed by atoms with Gasteiger partial charge in [0.15, 0.2) is 0 Å². The number of rotatable bonds is 3. The zero-order valence-corrected chi connectivity index (χ0v) is 11.6. The Hall–Kier alpha value is 0.110. The minimum atomic E-state index is -2.99. The SMILES string of the molecule is COP(=O)(OC)C1N(C(C)(C)C)C1(C)C. The normalized spacial score (nSPS) is 30.3. The lowest BCUT2D eigenvalue weighted by Crippen LogP contribution is -2.30. The van der Waals surface area contributed by atoms with Crippen LogP contribution in [0.1, 0.15) is 34.6 Å². The molecule has 0 saturated carbocycles. The third kappa shape index (κ3) is 2.01. The Labute approximate surface area is 92.5 Å². The largest absolute Gasteiger partial charge is 0.349 e. The van der Waals surface area contributed by atoms with Gasteiger partial charge in [0.2, 0.25) is 0 Å². The fourth-order valence-electron chi connectivity index (χ4n) is 2.50. The van der Waals surface area contributed by atoms with Crippen molar-refractivity contribution in [3.05, 3.63) is 0 Å². The van der Waals surface area contributed by atoms with Crippen LogP contribution in [0.2, 0.25) is 0 Å². The summed E-state index contributed by atoms with van der Waals surface area (Å²) < 4.78 is 22.4. The molecule has 0 aromatic heterocycles. The predicted octanol–water partition coefficient (Wildman–Crippen LogP) is 2.69. The second-order valence-corrected chi connectivity index (χ2v) is 7.77. The maximum Gasteiger partial charge on any atom is 0.349 e. The van der Waals surface area contributed by atoms with Crippen LogP contribution in [0, 0.1) is 0 Å². The van der Waals surface area contributed by atoms with E-state index in [1.165, 1.54) is 14.2 Å². The van der Waals surface area contributed by atoms with Gasteiger partial charge >= 0.3 is 7.60 Å². The Morgan fingerprint density at radius 2 is 1.60 bits per heavy atom. The first kappa shape index (κ1) is 13.2. The summed E-state index contributed by atoms with van der Waals surface area (Å²) in [5.74, 6) is -0.139. The average molecular weight is 235 g/mol. The van der Waals surface area contributed by atoms with Gasteiger partial charge in [-0.25, -0.2) is 0 Å². The molecule has 1 aliphatic heterocycles. The van der Waals surface area contributed by atoms with E-state index in [1.54, 1.807) is 0 Å². The van der Waals surface area contributed by atoms with Gasteiger partial charge in [0.1, 0.15) is 5.78 Å². The van der Waals surface area contributed by atoms with Crippen LogP contribution in [0.3, 0.4) is 0 Å². The first-order chi connectivity index (χ1) is 6.61. The molecular formula is C10H22NO3P. The van der Waals surface area contributed by atoms with Gasteiger partial charge in [0.05, 0.1) is 0 Å². The van der Waals surface area contributed by atoms with Crippen molar-refractivity contribution in [1.82, 2.24) is 4.90 Å². The summed E-state index contributed by atoms with van der Waals surface area (Å²) in [6, 6.07) is 0. The van der Waals surface area contributed by atoms with Crippen LogP contribution in [-0.2, 0) is 13.6 Å². The summed E-state index contributed by atoms with van der Waals surface area (Å²) in [6.07, 6.45) is 0. The zero-order chi connectivity index (χ0) is 12.1.